The summed E-state index contributed by atoms with van der Waals surface area (Å²) in [4.78, 5) is 12.4. The summed E-state index contributed by atoms with van der Waals surface area (Å²) in [6.07, 6.45) is -4.58. The van der Waals surface area contributed by atoms with Gasteiger partial charge in [-0.2, -0.15) is 18.3 Å². The highest BCUT2D eigenvalue weighted by Gasteiger charge is 2.55. The number of fused-ring (bicyclic) bond motifs is 3. The van der Waals surface area contributed by atoms with Gasteiger partial charge in [0.05, 0.1) is 19.6 Å². The van der Waals surface area contributed by atoms with Crippen LogP contribution in [0.2, 0.25) is 0 Å². The Labute approximate surface area is 135 Å². The minimum atomic E-state index is -4.58. The quantitative estimate of drug-likeness (QED) is 0.862. The zero-order chi connectivity index (χ0) is 17.2. The molecule has 0 spiro atoms. The molecule has 2 aliphatic rings. The molecule has 24 heavy (non-hydrogen) atoms. The van der Waals surface area contributed by atoms with Gasteiger partial charge in [-0.3, -0.25) is 9.48 Å². The van der Waals surface area contributed by atoms with E-state index in [4.69, 9.17) is 4.74 Å². The third-order valence-corrected chi connectivity index (χ3v) is 4.54. The van der Waals surface area contributed by atoms with Crippen LogP contribution in [0.5, 0.6) is 5.75 Å². The molecule has 1 aromatic heterocycles. The van der Waals surface area contributed by atoms with E-state index in [2.05, 4.69) is 5.10 Å². The Kier molecular flexibility index (Phi) is 2.95. The maximum absolute atomic E-state index is 13.3. The molecule has 0 N–H and O–H groups in total. The maximum Gasteiger partial charge on any atom is 0.435 e. The summed E-state index contributed by atoms with van der Waals surface area (Å²) in [6.45, 7) is 1.80. The number of Topliss-reactive ketones (excluding diaryl/α,β-unsaturated/α-hetero) is 1. The smallest absolute Gasteiger partial charge is 0.435 e. The molecule has 4 nitrogen and oxygen atoms in total. The number of methoxy groups -OCH3 is 1. The average molecular weight is 334 g/mol. The molecule has 1 unspecified atom stereocenters. The summed E-state index contributed by atoms with van der Waals surface area (Å²) in [6, 6.07) is 6.92. The number of benzene rings is 1. The number of alkyl halides is 3. The van der Waals surface area contributed by atoms with E-state index in [1.807, 2.05) is 0 Å². The van der Waals surface area contributed by atoms with Crippen LogP contribution in [0.25, 0.3) is 5.57 Å². The van der Waals surface area contributed by atoms with E-state index in [9.17, 15) is 18.0 Å². The summed E-state index contributed by atoms with van der Waals surface area (Å²) >= 11 is 0. The standard InChI is InChI=1S/C17H13F3N2O2/c1-8-11-12(8)15(23)14-13(11)16(17(18,19)20)21-22(14)7-9-3-5-10(24-2)6-4-9/h3-6,12H,7H2,1-2H3. The molecular formula is C17H13F3N2O2. The third kappa shape index (κ3) is 2.00. The van der Waals surface area contributed by atoms with E-state index in [0.29, 0.717) is 11.3 Å². The summed E-state index contributed by atoms with van der Waals surface area (Å²) < 4.78 is 46.2. The average Bonchev–Trinajstić information content (AvgIpc) is 2.89. The van der Waals surface area contributed by atoms with E-state index in [0.717, 1.165) is 11.1 Å². The van der Waals surface area contributed by atoms with E-state index in [-0.39, 0.29) is 23.6 Å². The van der Waals surface area contributed by atoms with Gasteiger partial charge in [0.1, 0.15) is 11.4 Å². The predicted octanol–water partition coefficient (Wildman–Crippen LogP) is 3.56. The van der Waals surface area contributed by atoms with Gasteiger partial charge in [0.2, 0.25) is 0 Å². The van der Waals surface area contributed by atoms with Crippen molar-refractivity contribution in [1.29, 1.82) is 0 Å². The number of rotatable bonds is 3. The molecule has 1 atom stereocenters. The van der Waals surface area contributed by atoms with Crippen molar-refractivity contribution in [2.45, 2.75) is 19.6 Å². The Morgan fingerprint density at radius 3 is 2.50 bits per heavy atom. The predicted molar refractivity (Wildman–Crippen MR) is 79.7 cm³/mol. The van der Waals surface area contributed by atoms with Crippen molar-refractivity contribution in [2.75, 3.05) is 7.11 Å². The van der Waals surface area contributed by atoms with Crippen molar-refractivity contribution < 1.29 is 22.7 Å². The second-order valence-electron chi connectivity index (χ2n) is 5.97. The van der Waals surface area contributed by atoms with Crippen LogP contribution in [0.15, 0.2) is 29.8 Å². The summed E-state index contributed by atoms with van der Waals surface area (Å²) in [5.74, 6) is -0.103. The number of ketones is 1. The molecule has 0 amide bonds. The molecule has 0 bridgehead atoms. The Bertz CT molecular complexity index is 892. The molecule has 2 aromatic rings. The molecule has 0 radical (unpaired) electrons. The van der Waals surface area contributed by atoms with Crippen LogP contribution in [0.4, 0.5) is 13.2 Å². The van der Waals surface area contributed by atoms with Crippen molar-refractivity contribution >= 4 is 11.4 Å². The molecule has 0 aliphatic heterocycles. The molecule has 0 saturated heterocycles. The lowest BCUT2D eigenvalue weighted by molar-refractivity contribution is -0.141. The lowest BCUT2D eigenvalue weighted by Gasteiger charge is -2.07. The van der Waals surface area contributed by atoms with Crippen molar-refractivity contribution in [3.63, 3.8) is 0 Å². The summed E-state index contributed by atoms with van der Waals surface area (Å²) in [5, 5.41) is 3.71. The lowest BCUT2D eigenvalue weighted by Crippen LogP contribution is -2.13. The molecule has 2 aliphatic carbocycles. The Morgan fingerprint density at radius 2 is 1.92 bits per heavy atom. The fourth-order valence-electron chi connectivity index (χ4n) is 3.32. The van der Waals surface area contributed by atoms with Crippen LogP contribution in [0, 0.1) is 5.92 Å². The molecule has 1 heterocycles. The Hall–Kier alpha value is -2.57. The van der Waals surface area contributed by atoms with Crippen LogP contribution < -0.4 is 4.74 Å². The number of carbonyl (C=O) groups excluding carboxylic acids is 1. The summed E-state index contributed by atoms with van der Waals surface area (Å²) in [5.41, 5.74) is 1.06. The SMILES string of the molecule is COc1ccc(Cn2nc(C(F)(F)F)c3c2C(=O)C2C(C)=C32)cc1. The normalized spacial score (nSPS) is 18.7. The first-order chi connectivity index (χ1) is 11.3. The maximum atomic E-state index is 13.3. The number of hydrogen-bond acceptors (Lipinski definition) is 3. The van der Waals surface area contributed by atoms with Gasteiger partial charge < -0.3 is 4.74 Å². The van der Waals surface area contributed by atoms with Gasteiger partial charge in [-0.1, -0.05) is 17.7 Å². The third-order valence-electron chi connectivity index (χ3n) is 4.54. The van der Waals surface area contributed by atoms with Crippen molar-refractivity contribution in [3.05, 3.63) is 52.4 Å². The van der Waals surface area contributed by atoms with Crippen LogP contribution in [0.1, 0.15) is 34.2 Å². The number of halogens is 3. The minimum Gasteiger partial charge on any atom is -0.497 e. The topological polar surface area (TPSA) is 44.1 Å². The molecule has 4 rings (SSSR count). The van der Waals surface area contributed by atoms with Gasteiger partial charge in [0, 0.05) is 5.56 Å². The van der Waals surface area contributed by atoms with E-state index in [1.165, 1.54) is 11.8 Å². The number of allylic oxidation sites excluding steroid dienone is 2. The van der Waals surface area contributed by atoms with Gasteiger partial charge >= 0.3 is 6.18 Å². The molecule has 0 fully saturated rings. The largest absolute Gasteiger partial charge is 0.497 e. The van der Waals surface area contributed by atoms with Gasteiger partial charge in [0.15, 0.2) is 11.5 Å². The first kappa shape index (κ1) is 15.0. The monoisotopic (exact) mass is 334 g/mol. The first-order valence-electron chi connectivity index (χ1n) is 7.39. The molecular weight excluding hydrogens is 321 g/mol. The highest BCUT2D eigenvalue weighted by Crippen LogP contribution is 2.57. The van der Waals surface area contributed by atoms with Crippen LogP contribution in [-0.2, 0) is 12.7 Å². The zero-order valence-electron chi connectivity index (χ0n) is 12.9. The van der Waals surface area contributed by atoms with Gasteiger partial charge in [-0.25, -0.2) is 0 Å². The van der Waals surface area contributed by atoms with Gasteiger partial charge in [-0.15, -0.1) is 0 Å². The number of ether oxygens (including phenoxy) is 1. The fraction of sp³-hybridized carbons (Fsp3) is 0.294. The van der Waals surface area contributed by atoms with Crippen LogP contribution in [-0.4, -0.2) is 22.7 Å². The first-order valence-corrected chi connectivity index (χ1v) is 7.39. The second kappa shape index (κ2) is 4.72. The highest BCUT2D eigenvalue weighted by atomic mass is 19.4. The fourth-order valence-corrected chi connectivity index (χ4v) is 3.32. The van der Waals surface area contributed by atoms with Crippen molar-refractivity contribution in [2.24, 2.45) is 5.92 Å². The van der Waals surface area contributed by atoms with Gasteiger partial charge in [-0.05, 0) is 30.2 Å². The minimum absolute atomic E-state index is 0.0245. The lowest BCUT2D eigenvalue weighted by atomic mass is 10.1. The number of nitrogens with zero attached hydrogens (tertiary/aromatic N) is 2. The Balaban J connectivity index is 1.78. The van der Waals surface area contributed by atoms with Gasteiger partial charge in [0.25, 0.3) is 0 Å². The number of hydrogen-bond donors (Lipinski definition) is 0. The molecule has 124 valence electrons. The number of carbonyl (C=O) groups is 1. The van der Waals surface area contributed by atoms with E-state index < -0.39 is 17.8 Å². The molecule has 1 aromatic carbocycles. The van der Waals surface area contributed by atoms with Crippen molar-refractivity contribution in [3.8, 4) is 5.75 Å². The zero-order valence-corrected chi connectivity index (χ0v) is 12.9. The summed E-state index contributed by atoms with van der Waals surface area (Å²) in [7, 11) is 1.53. The van der Waals surface area contributed by atoms with Crippen molar-refractivity contribution in [1.82, 2.24) is 9.78 Å². The second-order valence-corrected chi connectivity index (χ2v) is 5.97. The van der Waals surface area contributed by atoms with Crippen LogP contribution in [0.3, 0.4) is 0 Å². The van der Waals surface area contributed by atoms with Crippen LogP contribution >= 0.6 is 0 Å². The molecule has 0 saturated carbocycles. The highest BCUT2D eigenvalue weighted by molar-refractivity contribution is 6.22. The Morgan fingerprint density at radius 1 is 1.25 bits per heavy atom. The number of aromatic nitrogens is 2. The van der Waals surface area contributed by atoms with E-state index in [1.54, 1.807) is 31.2 Å². The van der Waals surface area contributed by atoms with E-state index >= 15 is 0 Å². The molecule has 7 heteroatoms.